The summed E-state index contributed by atoms with van der Waals surface area (Å²) in [5.74, 6) is 1.56. The van der Waals surface area contributed by atoms with E-state index in [9.17, 15) is 4.39 Å². The van der Waals surface area contributed by atoms with E-state index in [1.54, 1.807) is 18.5 Å². The molecule has 0 spiro atoms. The largest absolute Gasteiger partial charge is 0.368 e. The van der Waals surface area contributed by atoms with Crippen LogP contribution >= 0.6 is 0 Å². The van der Waals surface area contributed by atoms with E-state index in [4.69, 9.17) is 0 Å². The van der Waals surface area contributed by atoms with Gasteiger partial charge in [0.2, 0.25) is 5.95 Å². The number of halogens is 1. The second kappa shape index (κ2) is 7.25. The van der Waals surface area contributed by atoms with E-state index in [0.29, 0.717) is 24.1 Å². The van der Waals surface area contributed by atoms with Crippen LogP contribution in [0.3, 0.4) is 0 Å². The standard InChI is InChI=1S/C17H21FN6/c1-11(2)9-20-15-14-16(22-10-21-14)24-17(23-15)19-8-7-12-3-5-13(18)6-4-12/h3-6,10-11H,7-9H2,1-2H3,(H3,19,20,21,22,23,24). The van der Waals surface area contributed by atoms with Gasteiger partial charge in [0.05, 0.1) is 6.33 Å². The lowest BCUT2D eigenvalue weighted by Gasteiger charge is -2.11. The van der Waals surface area contributed by atoms with Crippen LogP contribution in [0.5, 0.6) is 0 Å². The van der Waals surface area contributed by atoms with Gasteiger partial charge in [0, 0.05) is 13.1 Å². The van der Waals surface area contributed by atoms with Gasteiger partial charge in [-0.05, 0) is 30.0 Å². The van der Waals surface area contributed by atoms with Crippen molar-refractivity contribution in [2.75, 3.05) is 23.7 Å². The number of rotatable bonds is 7. The molecule has 3 rings (SSSR count). The number of fused-ring (bicyclic) bond motifs is 1. The number of H-pyrrole nitrogens is 1. The fourth-order valence-corrected chi connectivity index (χ4v) is 2.31. The first-order chi connectivity index (χ1) is 11.6. The summed E-state index contributed by atoms with van der Waals surface area (Å²) < 4.78 is 12.9. The quantitative estimate of drug-likeness (QED) is 0.621. The van der Waals surface area contributed by atoms with Crippen LogP contribution in [0.15, 0.2) is 30.6 Å². The van der Waals surface area contributed by atoms with Crippen molar-refractivity contribution >= 4 is 22.9 Å². The molecular formula is C17H21FN6. The summed E-state index contributed by atoms with van der Waals surface area (Å²) in [4.78, 5) is 16.2. The lowest BCUT2D eigenvalue weighted by Crippen LogP contribution is -2.13. The van der Waals surface area contributed by atoms with E-state index >= 15 is 0 Å². The molecule has 0 bridgehead atoms. The average Bonchev–Trinajstić information content (AvgIpc) is 3.03. The predicted molar refractivity (Wildman–Crippen MR) is 93.6 cm³/mol. The van der Waals surface area contributed by atoms with E-state index in [1.807, 2.05) is 0 Å². The third-order valence-electron chi connectivity index (χ3n) is 3.57. The highest BCUT2D eigenvalue weighted by Crippen LogP contribution is 2.19. The van der Waals surface area contributed by atoms with Crippen LogP contribution in [-0.4, -0.2) is 33.0 Å². The third-order valence-corrected chi connectivity index (χ3v) is 3.57. The number of aromatic nitrogens is 4. The fraction of sp³-hybridized carbons (Fsp3) is 0.353. The molecule has 3 aromatic rings. The second-order valence-electron chi connectivity index (χ2n) is 6.07. The third kappa shape index (κ3) is 3.98. The van der Waals surface area contributed by atoms with Crippen molar-refractivity contribution in [1.82, 2.24) is 19.9 Å². The summed E-state index contributed by atoms with van der Waals surface area (Å²) in [5.41, 5.74) is 2.49. The fourth-order valence-electron chi connectivity index (χ4n) is 2.31. The Bertz CT molecular complexity index is 796. The van der Waals surface area contributed by atoms with Crippen LogP contribution in [0.25, 0.3) is 11.2 Å². The normalized spacial score (nSPS) is 11.2. The van der Waals surface area contributed by atoms with Crippen LogP contribution in [0.1, 0.15) is 19.4 Å². The highest BCUT2D eigenvalue weighted by Gasteiger charge is 2.10. The summed E-state index contributed by atoms with van der Waals surface area (Å²) in [7, 11) is 0. The highest BCUT2D eigenvalue weighted by molar-refractivity contribution is 5.83. The van der Waals surface area contributed by atoms with E-state index in [0.717, 1.165) is 29.9 Å². The molecule has 0 atom stereocenters. The van der Waals surface area contributed by atoms with Crippen molar-refractivity contribution in [2.45, 2.75) is 20.3 Å². The molecule has 0 saturated heterocycles. The van der Waals surface area contributed by atoms with Crippen molar-refractivity contribution < 1.29 is 4.39 Å². The van der Waals surface area contributed by atoms with Gasteiger partial charge >= 0.3 is 0 Å². The van der Waals surface area contributed by atoms with Crippen molar-refractivity contribution in [2.24, 2.45) is 5.92 Å². The van der Waals surface area contributed by atoms with Gasteiger partial charge in [-0.2, -0.15) is 9.97 Å². The Labute approximate surface area is 139 Å². The maximum atomic E-state index is 12.9. The number of anilines is 2. The van der Waals surface area contributed by atoms with Crippen molar-refractivity contribution in [1.29, 1.82) is 0 Å². The highest BCUT2D eigenvalue weighted by atomic mass is 19.1. The maximum Gasteiger partial charge on any atom is 0.226 e. The van der Waals surface area contributed by atoms with Gasteiger partial charge in [0.25, 0.3) is 0 Å². The summed E-state index contributed by atoms with van der Waals surface area (Å²) >= 11 is 0. The van der Waals surface area contributed by atoms with E-state index in [2.05, 4.69) is 44.4 Å². The molecule has 0 aliphatic rings. The number of hydrogen-bond acceptors (Lipinski definition) is 5. The Morgan fingerprint density at radius 1 is 1.12 bits per heavy atom. The van der Waals surface area contributed by atoms with Gasteiger partial charge in [0.1, 0.15) is 11.3 Å². The average molecular weight is 328 g/mol. The molecule has 0 saturated carbocycles. The summed E-state index contributed by atoms with van der Waals surface area (Å²) in [6.07, 6.45) is 2.37. The van der Waals surface area contributed by atoms with Crippen molar-refractivity contribution in [3.63, 3.8) is 0 Å². The summed E-state index contributed by atoms with van der Waals surface area (Å²) in [6, 6.07) is 6.50. The molecule has 6 nitrogen and oxygen atoms in total. The van der Waals surface area contributed by atoms with Gasteiger partial charge in [-0.25, -0.2) is 9.37 Å². The Kier molecular flexibility index (Phi) is 4.88. The zero-order chi connectivity index (χ0) is 16.9. The molecule has 0 aliphatic heterocycles. The molecule has 0 fully saturated rings. The van der Waals surface area contributed by atoms with Crippen LogP contribution in [0.4, 0.5) is 16.2 Å². The lowest BCUT2D eigenvalue weighted by molar-refractivity contribution is 0.627. The molecule has 126 valence electrons. The Morgan fingerprint density at radius 3 is 2.67 bits per heavy atom. The molecule has 0 unspecified atom stereocenters. The molecule has 7 heteroatoms. The molecule has 0 aliphatic carbocycles. The monoisotopic (exact) mass is 328 g/mol. The maximum absolute atomic E-state index is 12.9. The minimum Gasteiger partial charge on any atom is -0.368 e. The molecule has 2 heterocycles. The van der Waals surface area contributed by atoms with Gasteiger partial charge in [-0.1, -0.05) is 26.0 Å². The first-order valence-electron chi connectivity index (χ1n) is 8.05. The van der Waals surface area contributed by atoms with Crippen molar-refractivity contribution in [3.8, 4) is 0 Å². The Morgan fingerprint density at radius 2 is 1.92 bits per heavy atom. The summed E-state index contributed by atoms with van der Waals surface area (Å²) in [5, 5.41) is 6.53. The summed E-state index contributed by atoms with van der Waals surface area (Å²) in [6.45, 7) is 5.76. The first-order valence-corrected chi connectivity index (χ1v) is 8.05. The second-order valence-corrected chi connectivity index (χ2v) is 6.07. The lowest BCUT2D eigenvalue weighted by atomic mass is 10.1. The van der Waals surface area contributed by atoms with Gasteiger partial charge in [-0.3, -0.25) is 0 Å². The zero-order valence-electron chi connectivity index (χ0n) is 13.8. The molecule has 0 amide bonds. The van der Waals surface area contributed by atoms with E-state index < -0.39 is 0 Å². The zero-order valence-corrected chi connectivity index (χ0v) is 13.8. The Hall–Kier alpha value is -2.70. The van der Waals surface area contributed by atoms with Gasteiger partial charge < -0.3 is 15.6 Å². The van der Waals surface area contributed by atoms with Gasteiger partial charge in [-0.15, -0.1) is 0 Å². The molecule has 0 radical (unpaired) electrons. The number of aromatic amines is 1. The topological polar surface area (TPSA) is 78.5 Å². The van der Waals surface area contributed by atoms with Crippen LogP contribution < -0.4 is 10.6 Å². The van der Waals surface area contributed by atoms with E-state index in [1.165, 1.54) is 12.1 Å². The minimum atomic E-state index is -0.222. The van der Waals surface area contributed by atoms with Crippen LogP contribution in [-0.2, 0) is 6.42 Å². The number of imidazole rings is 1. The minimum absolute atomic E-state index is 0.222. The van der Waals surface area contributed by atoms with Crippen molar-refractivity contribution in [3.05, 3.63) is 42.0 Å². The van der Waals surface area contributed by atoms with Crippen LogP contribution in [0.2, 0.25) is 0 Å². The van der Waals surface area contributed by atoms with E-state index in [-0.39, 0.29) is 5.82 Å². The number of benzene rings is 1. The molecule has 1 aromatic carbocycles. The number of hydrogen-bond donors (Lipinski definition) is 3. The predicted octanol–water partition coefficient (Wildman–Crippen LogP) is 3.21. The molecular weight excluding hydrogens is 307 g/mol. The van der Waals surface area contributed by atoms with Crippen LogP contribution in [0, 0.1) is 11.7 Å². The smallest absolute Gasteiger partial charge is 0.226 e. The Balaban J connectivity index is 1.68. The van der Waals surface area contributed by atoms with Gasteiger partial charge in [0.15, 0.2) is 11.5 Å². The number of nitrogens with zero attached hydrogens (tertiary/aromatic N) is 3. The molecule has 2 aromatic heterocycles. The molecule has 3 N–H and O–H groups in total. The molecule has 24 heavy (non-hydrogen) atoms. The SMILES string of the molecule is CC(C)CNc1nc(NCCc2ccc(F)cc2)nc2nc[nH]c12. The number of nitrogens with one attached hydrogen (secondary N) is 3. The first kappa shape index (κ1) is 16.2.